The fraction of sp³-hybridized carbons (Fsp3) is 0.650. The molecule has 1 aliphatic carbocycles. The molecule has 0 amide bonds. The van der Waals surface area contributed by atoms with Gasteiger partial charge in [0.25, 0.3) is 0 Å². The SMILES string of the molecule is C=C(C)[C@@H]1C/C=C(/C=O)CC[C@@H]2O[C@@]2(C)CC/C=C(\C)CC1. The summed E-state index contributed by atoms with van der Waals surface area (Å²) in [6, 6.07) is 0. The second-order valence-electron chi connectivity index (χ2n) is 7.26. The van der Waals surface area contributed by atoms with Crippen molar-refractivity contribution in [3.8, 4) is 0 Å². The van der Waals surface area contributed by atoms with Gasteiger partial charge in [0.1, 0.15) is 6.29 Å². The van der Waals surface area contributed by atoms with Gasteiger partial charge in [-0.3, -0.25) is 4.79 Å². The normalized spacial score (nSPS) is 38.5. The van der Waals surface area contributed by atoms with E-state index in [9.17, 15) is 4.79 Å². The van der Waals surface area contributed by atoms with Gasteiger partial charge >= 0.3 is 0 Å². The molecule has 0 saturated carbocycles. The van der Waals surface area contributed by atoms with Crippen LogP contribution in [0.25, 0.3) is 0 Å². The van der Waals surface area contributed by atoms with E-state index < -0.39 is 0 Å². The molecule has 0 aromatic heterocycles. The molecule has 3 atom stereocenters. The third-order valence-electron chi connectivity index (χ3n) is 5.26. The number of ether oxygens (including phenoxy) is 1. The molecule has 2 nitrogen and oxygen atoms in total. The maximum absolute atomic E-state index is 11.3. The van der Waals surface area contributed by atoms with E-state index in [0.717, 1.165) is 56.8 Å². The van der Waals surface area contributed by atoms with E-state index >= 15 is 0 Å². The van der Waals surface area contributed by atoms with Crippen molar-refractivity contribution in [2.45, 2.75) is 77.4 Å². The van der Waals surface area contributed by atoms with Crippen molar-refractivity contribution in [3.63, 3.8) is 0 Å². The van der Waals surface area contributed by atoms with Crippen molar-refractivity contribution in [3.05, 3.63) is 35.5 Å². The van der Waals surface area contributed by atoms with Crippen molar-refractivity contribution >= 4 is 6.29 Å². The van der Waals surface area contributed by atoms with Crippen LogP contribution in [0.1, 0.15) is 65.7 Å². The number of carbonyl (C=O) groups excluding carboxylic acids is 1. The monoisotopic (exact) mass is 302 g/mol. The minimum absolute atomic E-state index is 0.0368. The Kier molecular flexibility index (Phi) is 5.80. The first-order chi connectivity index (χ1) is 10.4. The molecule has 0 unspecified atom stereocenters. The summed E-state index contributed by atoms with van der Waals surface area (Å²) in [4.78, 5) is 11.3. The van der Waals surface area contributed by atoms with E-state index in [2.05, 4.69) is 39.5 Å². The average Bonchev–Trinajstić information content (AvgIpc) is 3.11. The lowest BCUT2D eigenvalue weighted by Crippen LogP contribution is -2.10. The first-order valence-corrected chi connectivity index (χ1v) is 8.57. The van der Waals surface area contributed by atoms with Crippen LogP contribution in [0.5, 0.6) is 0 Å². The quantitative estimate of drug-likeness (QED) is 0.401. The van der Waals surface area contributed by atoms with Gasteiger partial charge in [-0.05, 0) is 77.2 Å². The van der Waals surface area contributed by atoms with Gasteiger partial charge in [-0.15, -0.1) is 0 Å². The summed E-state index contributed by atoms with van der Waals surface area (Å²) < 4.78 is 5.88. The lowest BCUT2D eigenvalue weighted by Gasteiger charge is -2.16. The van der Waals surface area contributed by atoms with E-state index in [0.29, 0.717) is 12.0 Å². The fourth-order valence-electron chi connectivity index (χ4n) is 3.35. The van der Waals surface area contributed by atoms with Crippen molar-refractivity contribution in [1.82, 2.24) is 0 Å². The predicted octanol–water partition coefficient (Wildman–Crippen LogP) is 5.15. The van der Waals surface area contributed by atoms with E-state index in [1.807, 2.05) is 0 Å². The maximum Gasteiger partial charge on any atom is 0.145 e. The lowest BCUT2D eigenvalue weighted by molar-refractivity contribution is -0.105. The Hall–Kier alpha value is -1.15. The smallest absolute Gasteiger partial charge is 0.145 e. The highest BCUT2D eigenvalue weighted by Gasteiger charge is 2.50. The van der Waals surface area contributed by atoms with Crippen LogP contribution < -0.4 is 0 Å². The van der Waals surface area contributed by atoms with Gasteiger partial charge in [0, 0.05) is 0 Å². The number of allylic oxidation sites excluding steroid dienone is 5. The zero-order chi connectivity index (χ0) is 16.2. The summed E-state index contributed by atoms with van der Waals surface area (Å²) in [6.07, 6.45) is 13.0. The second kappa shape index (κ2) is 7.41. The molecule has 1 aliphatic heterocycles. The summed E-state index contributed by atoms with van der Waals surface area (Å²) in [5.74, 6) is 0.476. The first-order valence-electron chi connectivity index (χ1n) is 8.57. The Morgan fingerprint density at radius 2 is 2.14 bits per heavy atom. The van der Waals surface area contributed by atoms with Crippen LogP contribution in [-0.4, -0.2) is 18.0 Å². The molecule has 2 heteroatoms. The highest BCUT2D eigenvalue weighted by Crippen LogP contribution is 2.43. The van der Waals surface area contributed by atoms with Gasteiger partial charge < -0.3 is 4.74 Å². The Bertz CT molecular complexity index is 486. The fourth-order valence-corrected chi connectivity index (χ4v) is 3.35. The molecule has 0 aromatic rings. The van der Waals surface area contributed by atoms with E-state index in [4.69, 9.17) is 4.74 Å². The standard InChI is InChI=1S/C20H30O2/c1-15(2)18-10-7-16(3)6-5-13-20(4)19(22-20)12-9-17(14-21)8-11-18/h6,8,14,18-19H,1,5,7,9-13H2,2-4H3/b16-6+,17-8+/t18-,19-,20-/m0/s1. The van der Waals surface area contributed by atoms with Crippen LogP contribution in [-0.2, 0) is 9.53 Å². The molecule has 22 heavy (non-hydrogen) atoms. The van der Waals surface area contributed by atoms with Gasteiger partial charge in [-0.2, -0.15) is 0 Å². The molecule has 1 heterocycles. The van der Waals surface area contributed by atoms with Crippen LogP contribution in [0.15, 0.2) is 35.5 Å². The molecule has 0 radical (unpaired) electrons. The van der Waals surface area contributed by atoms with Crippen molar-refractivity contribution in [2.75, 3.05) is 0 Å². The number of carbonyl (C=O) groups is 1. The topological polar surface area (TPSA) is 29.6 Å². The van der Waals surface area contributed by atoms with Gasteiger partial charge in [-0.1, -0.05) is 29.9 Å². The third kappa shape index (κ3) is 4.67. The second-order valence-corrected chi connectivity index (χ2v) is 7.26. The van der Waals surface area contributed by atoms with Crippen LogP contribution in [0, 0.1) is 5.92 Å². The number of hydrogen-bond acceptors (Lipinski definition) is 2. The highest BCUT2D eigenvalue weighted by atomic mass is 16.6. The van der Waals surface area contributed by atoms with Crippen molar-refractivity contribution in [2.24, 2.45) is 5.92 Å². The molecule has 122 valence electrons. The van der Waals surface area contributed by atoms with Crippen LogP contribution in [0.3, 0.4) is 0 Å². The molecule has 0 bridgehead atoms. The minimum atomic E-state index is 0.0368. The molecule has 0 N–H and O–H groups in total. The Morgan fingerprint density at radius 1 is 1.36 bits per heavy atom. The van der Waals surface area contributed by atoms with Crippen LogP contribution >= 0.6 is 0 Å². The first kappa shape index (κ1) is 17.2. The van der Waals surface area contributed by atoms with E-state index in [1.54, 1.807) is 0 Å². The number of aldehydes is 1. The van der Waals surface area contributed by atoms with Gasteiger partial charge in [0.15, 0.2) is 0 Å². The van der Waals surface area contributed by atoms with E-state index in [1.165, 1.54) is 11.1 Å². The molecular weight excluding hydrogens is 272 g/mol. The Balaban J connectivity index is 2.09. The van der Waals surface area contributed by atoms with Gasteiger partial charge in [0.2, 0.25) is 0 Å². The lowest BCUT2D eigenvalue weighted by atomic mass is 9.89. The molecule has 1 saturated heterocycles. The zero-order valence-corrected chi connectivity index (χ0v) is 14.4. The largest absolute Gasteiger partial charge is 0.366 e. The molecule has 0 spiro atoms. The summed E-state index contributed by atoms with van der Waals surface area (Å²) in [6.45, 7) is 10.7. The molecule has 2 rings (SSSR count). The molecular formula is C20H30O2. The molecule has 2 aliphatic rings. The number of hydrogen-bond donors (Lipinski definition) is 0. The number of epoxide rings is 1. The Labute approximate surface area is 135 Å². The third-order valence-corrected chi connectivity index (χ3v) is 5.26. The summed E-state index contributed by atoms with van der Waals surface area (Å²) >= 11 is 0. The number of rotatable bonds is 2. The van der Waals surface area contributed by atoms with Gasteiger partial charge in [0.05, 0.1) is 11.7 Å². The summed E-state index contributed by atoms with van der Waals surface area (Å²) in [5, 5.41) is 0. The van der Waals surface area contributed by atoms with Crippen LogP contribution in [0.2, 0.25) is 0 Å². The average molecular weight is 302 g/mol. The van der Waals surface area contributed by atoms with Crippen molar-refractivity contribution < 1.29 is 9.53 Å². The summed E-state index contributed by atoms with van der Waals surface area (Å²) in [7, 11) is 0. The van der Waals surface area contributed by atoms with Gasteiger partial charge in [-0.25, -0.2) is 0 Å². The zero-order valence-electron chi connectivity index (χ0n) is 14.4. The highest BCUT2D eigenvalue weighted by molar-refractivity contribution is 5.73. The predicted molar refractivity (Wildman–Crippen MR) is 91.8 cm³/mol. The maximum atomic E-state index is 11.3. The number of fused-ring (bicyclic) bond motifs is 1. The van der Waals surface area contributed by atoms with Crippen molar-refractivity contribution in [1.29, 1.82) is 0 Å². The summed E-state index contributed by atoms with van der Waals surface area (Å²) in [5.41, 5.74) is 3.64. The van der Waals surface area contributed by atoms with Crippen LogP contribution in [0.4, 0.5) is 0 Å². The van der Waals surface area contributed by atoms with E-state index in [-0.39, 0.29) is 5.60 Å². The molecule has 1 fully saturated rings. The minimum Gasteiger partial charge on any atom is -0.366 e. The molecule has 0 aromatic carbocycles. The Morgan fingerprint density at radius 3 is 2.82 bits per heavy atom.